The normalized spacial score (nSPS) is 14.0. The van der Waals surface area contributed by atoms with Crippen molar-refractivity contribution in [2.75, 3.05) is 0 Å². The Morgan fingerprint density at radius 3 is 2.68 bits per heavy atom. The van der Waals surface area contributed by atoms with E-state index in [-0.39, 0.29) is 16.9 Å². The number of thioether (sulfide) groups is 1. The first kappa shape index (κ1) is 13.8. The number of rotatable bonds is 5. The lowest BCUT2D eigenvalue weighted by molar-refractivity contribution is 0.653. The Balaban J connectivity index is 2.14. The van der Waals surface area contributed by atoms with Crippen LogP contribution in [0.2, 0.25) is 0 Å². The molecule has 0 spiro atoms. The molecule has 1 aromatic heterocycles. The van der Waals surface area contributed by atoms with Crippen LogP contribution in [-0.2, 0) is 0 Å². The molecular formula is C14H17N3OS. The zero-order chi connectivity index (χ0) is 13.7. The van der Waals surface area contributed by atoms with Gasteiger partial charge in [0.1, 0.15) is 0 Å². The summed E-state index contributed by atoms with van der Waals surface area (Å²) in [4.78, 5) is 18.1. The van der Waals surface area contributed by atoms with Crippen molar-refractivity contribution in [3.05, 3.63) is 58.5 Å². The van der Waals surface area contributed by atoms with Crippen LogP contribution >= 0.6 is 11.8 Å². The van der Waals surface area contributed by atoms with E-state index in [0.29, 0.717) is 5.16 Å². The molecule has 0 saturated heterocycles. The number of nitrogens with zero attached hydrogens (tertiary/aromatic N) is 1. The van der Waals surface area contributed by atoms with E-state index in [9.17, 15) is 4.79 Å². The second-order valence-electron chi connectivity index (χ2n) is 4.24. The minimum atomic E-state index is -0.138. The number of aromatic amines is 1. The first-order chi connectivity index (χ1) is 9.20. The largest absolute Gasteiger partial charge is 0.323 e. The van der Waals surface area contributed by atoms with Gasteiger partial charge >= 0.3 is 0 Å². The Bertz CT molecular complexity index is 570. The molecule has 4 nitrogen and oxygen atoms in total. The summed E-state index contributed by atoms with van der Waals surface area (Å²) in [5.41, 5.74) is 7.25. The molecule has 0 saturated carbocycles. The Morgan fingerprint density at radius 2 is 2.05 bits per heavy atom. The molecule has 2 atom stereocenters. The van der Waals surface area contributed by atoms with Gasteiger partial charge in [-0.25, -0.2) is 4.98 Å². The van der Waals surface area contributed by atoms with Gasteiger partial charge in [-0.1, -0.05) is 49.0 Å². The molecule has 100 valence electrons. The predicted molar refractivity (Wildman–Crippen MR) is 78.2 cm³/mol. The summed E-state index contributed by atoms with van der Waals surface area (Å²) < 4.78 is 0. The van der Waals surface area contributed by atoms with E-state index in [2.05, 4.69) is 16.9 Å². The van der Waals surface area contributed by atoms with Crippen molar-refractivity contribution in [2.45, 2.75) is 29.8 Å². The molecule has 0 bridgehead atoms. The average Bonchev–Trinajstić information content (AvgIpc) is 2.45. The fourth-order valence-electron chi connectivity index (χ4n) is 1.86. The molecule has 2 aromatic rings. The summed E-state index contributed by atoms with van der Waals surface area (Å²) in [6.07, 6.45) is 2.42. The molecule has 0 radical (unpaired) electrons. The Labute approximate surface area is 116 Å². The van der Waals surface area contributed by atoms with Crippen LogP contribution in [0.5, 0.6) is 0 Å². The van der Waals surface area contributed by atoms with E-state index in [1.165, 1.54) is 24.0 Å². The van der Waals surface area contributed by atoms with Gasteiger partial charge in [0.2, 0.25) is 0 Å². The summed E-state index contributed by atoms with van der Waals surface area (Å²) in [7, 11) is 0. The standard InChI is InChI=1S/C14H17N3OS/c1-2-11(13(15)10-6-4-3-5-7-10)19-14-16-9-8-12(18)17-14/h3-9,11,13H,2,15H2,1H3,(H,16,17,18). The third-order valence-electron chi connectivity index (χ3n) is 2.90. The zero-order valence-corrected chi connectivity index (χ0v) is 11.6. The molecule has 2 unspecified atom stereocenters. The predicted octanol–water partition coefficient (Wildman–Crippen LogP) is 2.34. The summed E-state index contributed by atoms with van der Waals surface area (Å²) in [5, 5.41) is 0.790. The van der Waals surface area contributed by atoms with Crippen LogP contribution < -0.4 is 11.3 Å². The molecule has 0 aliphatic heterocycles. The van der Waals surface area contributed by atoms with Gasteiger partial charge in [-0.05, 0) is 12.0 Å². The topological polar surface area (TPSA) is 71.8 Å². The van der Waals surface area contributed by atoms with E-state index in [1.807, 2.05) is 30.3 Å². The zero-order valence-electron chi connectivity index (χ0n) is 10.7. The van der Waals surface area contributed by atoms with Gasteiger partial charge in [0.25, 0.3) is 5.56 Å². The highest BCUT2D eigenvalue weighted by atomic mass is 32.2. The van der Waals surface area contributed by atoms with E-state index in [1.54, 1.807) is 0 Å². The molecule has 5 heteroatoms. The number of nitrogens with two attached hydrogens (primary N) is 1. The molecule has 1 aromatic carbocycles. The van der Waals surface area contributed by atoms with E-state index >= 15 is 0 Å². The second-order valence-corrected chi connectivity index (χ2v) is 5.47. The number of nitrogens with one attached hydrogen (secondary N) is 1. The Hall–Kier alpha value is -1.59. The van der Waals surface area contributed by atoms with Crippen molar-refractivity contribution in [3.63, 3.8) is 0 Å². The lowest BCUT2D eigenvalue weighted by Crippen LogP contribution is -2.23. The molecule has 0 aliphatic rings. The number of benzene rings is 1. The highest BCUT2D eigenvalue weighted by Gasteiger charge is 2.19. The minimum Gasteiger partial charge on any atom is -0.323 e. The third kappa shape index (κ3) is 3.68. The molecular weight excluding hydrogens is 258 g/mol. The maximum atomic E-state index is 11.3. The van der Waals surface area contributed by atoms with Gasteiger partial charge < -0.3 is 10.7 Å². The fourth-order valence-corrected chi connectivity index (χ4v) is 2.89. The van der Waals surface area contributed by atoms with E-state index in [4.69, 9.17) is 5.73 Å². The van der Waals surface area contributed by atoms with Crippen LogP contribution in [0.4, 0.5) is 0 Å². The summed E-state index contributed by atoms with van der Waals surface area (Å²) in [5.74, 6) is 0. The van der Waals surface area contributed by atoms with Gasteiger partial charge in [0, 0.05) is 23.6 Å². The Kier molecular flexibility index (Phi) is 4.76. The van der Waals surface area contributed by atoms with Crippen molar-refractivity contribution in [2.24, 2.45) is 5.73 Å². The van der Waals surface area contributed by atoms with Crippen molar-refractivity contribution in [3.8, 4) is 0 Å². The molecule has 0 fully saturated rings. The number of hydrogen-bond acceptors (Lipinski definition) is 4. The first-order valence-corrected chi connectivity index (χ1v) is 7.11. The van der Waals surface area contributed by atoms with Crippen molar-refractivity contribution in [1.29, 1.82) is 0 Å². The van der Waals surface area contributed by atoms with Gasteiger partial charge in [-0.2, -0.15) is 0 Å². The lowest BCUT2D eigenvalue weighted by Gasteiger charge is -2.21. The van der Waals surface area contributed by atoms with Crippen LogP contribution in [0.3, 0.4) is 0 Å². The van der Waals surface area contributed by atoms with Crippen LogP contribution in [0, 0.1) is 0 Å². The lowest BCUT2D eigenvalue weighted by atomic mass is 10.0. The Morgan fingerprint density at radius 1 is 1.32 bits per heavy atom. The van der Waals surface area contributed by atoms with Crippen molar-refractivity contribution < 1.29 is 0 Å². The van der Waals surface area contributed by atoms with Gasteiger partial charge in [0.15, 0.2) is 5.16 Å². The quantitative estimate of drug-likeness (QED) is 0.649. The summed E-state index contributed by atoms with van der Waals surface area (Å²) in [6.45, 7) is 2.08. The van der Waals surface area contributed by atoms with Crippen LogP contribution in [0.25, 0.3) is 0 Å². The smallest absolute Gasteiger partial charge is 0.251 e. The monoisotopic (exact) mass is 275 g/mol. The van der Waals surface area contributed by atoms with Crippen molar-refractivity contribution >= 4 is 11.8 Å². The molecule has 19 heavy (non-hydrogen) atoms. The van der Waals surface area contributed by atoms with Crippen LogP contribution in [-0.4, -0.2) is 15.2 Å². The van der Waals surface area contributed by atoms with Gasteiger partial charge in [-0.15, -0.1) is 0 Å². The first-order valence-electron chi connectivity index (χ1n) is 6.23. The summed E-state index contributed by atoms with van der Waals surface area (Å²) >= 11 is 1.51. The minimum absolute atomic E-state index is 0.0818. The van der Waals surface area contributed by atoms with Gasteiger partial charge in [-0.3, -0.25) is 4.79 Å². The van der Waals surface area contributed by atoms with Gasteiger partial charge in [0.05, 0.1) is 0 Å². The highest BCUT2D eigenvalue weighted by molar-refractivity contribution is 7.99. The second kappa shape index (κ2) is 6.54. The van der Waals surface area contributed by atoms with E-state index < -0.39 is 0 Å². The van der Waals surface area contributed by atoms with Crippen LogP contribution in [0.1, 0.15) is 24.9 Å². The molecule has 3 N–H and O–H groups in total. The molecule has 0 aliphatic carbocycles. The number of H-pyrrole nitrogens is 1. The average molecular weight is 275 g/mol. The maximum Gasteiger partial charge on any atom is 0.251 e. The van der Waals surface area contributed by atoms with Crippen molar-refractivity contribution in [1.82, 2.24) is 9.97 Å². The fraction of sp³-hybridized carbons (Fsp3) is 0.286. The maximum absolute atomic E-state index is 11.3. The number of aromatic nitrogens is 2. The molecule has 1 heterocycles. The third-order valence-corrected chi connectivity index (χ3v) is 4.26. The number of hydrogen-bond donors (Lipinski definition) is 2. The SMILES string of the molecule is CCC(Sc1nccc(=O)[nH]1)C(N)c1ccccc1. The van der Waals surface area contributed by atoms with Crippen LogP contribution in [0.15, 0.2) is 52.5 Å². The highest BCUT2D eigenvalue weighted by Crippen LogP contribution is 2.30. The molecule has 2 rings (SSSR count). The summed E-state index contributed by atoms with van der Waals surface area (Å²) in [6, 6.07) is 11.3. The van der Waals surface area contributed by atoms with E-state index in [0.717, 1.165) is 12.0 Å². The molecule has 0 amide bonds.